The van der Waals surface area contributed by atoms with Gasteiger partial charge in [0.15, 0.2) is 5.82 Å². The van der Waals surface area contributed by atoms with E-state index < -0.39 is 40.0 Å². The minimum Gasteiger partial charge on any atom is -0.311 e. The smallest absolute Gasteiger partial charge is 0.311 e. The molecule has 1 aliphatic heterocycles. The van der Waals surface area contributed by atoms with Crippen LogP contribution in [-0.4, -0.2) is 77.5 Å². The summed E-state index contributed by atoms with van der Waals surface area (Å²) in [4.78, 5) is 35.5. The minimum absolute atomic E-state index is 0.0306. The molecule has 0 amide bonds. The largest absolute Gasteiger partial charge is 0.493 e. The molecule has 1 aliphatic rings. The van der Waals surface area contributed by atoms with Crippen LogP contribution in [0, 0.1) is 12.7 Å². The summed E-state index contributed by atoms with van der Waals surface area (Å²) in [6.07, 6.45) is -4.90. The van der Waals surface area contributed by atoms with Gasteiger partial charge in [-0.3, -0.25) is 4.79 Å². The van der Waals surface area contributed by atoms with Crippen LogP contribution in [0.5, 0.6) is 0 Å². The lowest BCUT2D eigenvalue weighted by molar-refractivity contribution is -0.202. The fourth-order valence-corrected chi connectivity index (χ4v) is 5.57. The normalized spacial score (nSPS) is 15.5. The second-order valence-corrected chi connectivity index (χ2v) is 11.1. The van der Waals surface area contributed by atoms with E-state index in [9.17, 15) is 35.6 Å². The maximum absolute atomic E-state index is 14.4. The molecule has 0 spiro atoms. The monoisotopic (exact) mass is 591 g/mol. The second-order valence-electron chi connectivity index (χ2n) is 8.77. The first-order valence-electron chi connectivity index (χ1n) is 11.4. The summed E-state index contributed by atoms with van der Waals surface area (Å²) in [5.74, 6) is -3.73. The third kappa shape index (κ3) is 5.71. The summed E-state index contributed by atoms with van der Waals surface area (Å²) < 4.78 is 81.3. The molecule has 0 bridgehead atoms. The van der Waals surface area contributed by atoms with Gasteiger partial charge in [0.25, 0.3) is 5.56 Å². The Kier molecular flexibility index (Phi) is 7.89. The average molecular weight is 592 g/mol. The molecular formula is C23H22ClF4N5O5S. The first-order valence-corrected chi connectivity index (χ1v) is 13.2. The van der Waals surface area contributed by atoms with Gasteiger partial charge in [0.1, 0.15) is 10.7 Å². The maximum Gasteiger partial charge on any atom is 0.493 e. The average Bonchev–Trinajstić information content (AvgIpc) is 3.10. The van der Waals surface area contributed by atoms with Gasteiger partial charge in [-0.1, -0.05) is 17.7 Å². The highest BCUT2D eigenvalue weighted by atomic mass is 35.5. The molecule has 0 atom stereocenters. The minimum atomic E-state index is -5.40. The van der Waals surface area contributed by atoms with Crippen LogP contribution in [-0.2, 0) is 21.2 Å². The van der Waals surface area contributed by atoms with Crippen LogP contribution >= 0.6 is 11.6 Å². The van der Waals surface area contributed by atoms with Gasteiger partial charge in [-0.15, -0.1) is 4.85 Å². The van der Waals surface area contributed by atoms with Gasteiger partial charge in [0.05, 0.1) is 5.69 Å². The van der Waals surface area contributed by atoms with Crippen LogP contribution in [0.1, 0.15) is 16.8 Å². The van der Waals surface area contributed by atoms with Crippen molar-refractivity contribution in [2.24, 2.45) is 0 Å². The fraction of sp³-hybridized carbons (Fsp3) is 0.348. The molecule has 0 radical (unpaired) electrons. The molecule has 1 fully saturated rings. The fourth-order valence-electron chi connectivity index (χ4n) is 3.98. The summed E-state index contributed by atoms with van der Waals surface area (Å²) in [5.41, 5.74) is -1.57. The van der Waals surface area contributed by atoms with Gasteiger partial charge in [-0.2, -0.15) is 22.2 Å². The third-order valence-electron chi connectivity index (χ3n) is 6.21. The molecule has 3 aromatic rings. The molecule has 10 nitrogen and oxygen atoms in total. The predicted octanol–water partition coefficient (Wildman–Crippen LogP) is 2.18. The van der Waals surface area contributed by atoms with E-state index in [1.807, 2.05) is 11.9 Å². The summed E-state index contributed by atoms with van der Waals surface area (Å²) in [5, 5.41) is -0.0306. The second kappa shape index (κ2) is 10.7. The lowest BCUT2D eigenvalue weighted by Crippen LogP contribution is -2.47. The maximum atomic E-state index is 14.4. The van der Waals surface area contributed by atoms with E-state index in [1.54, 1.807) is 0 Å². The number of carbonyl (C=O) groups is 1. The number of carbonyl (C=O) groups excluding carboxylic acids is 1. The van der Waals surface area contributed by atoms with Crippen molar-refractivity contribution in [3.05, 3.63) is 74.5 Å². The molecule has 1 aromatic carbocycles. The van der Waals surface area contributed by atoms with Crippen LogP contribution in [0.15, 0.2) is 46.2 Å². The number of alkyl halides is 3. The van der Waals surface area contributed by atoms with Crippen molar-refractivity contribution in [3.63, 3.8) is 0 Å². The van der Waals surface area contributed by atoms with Crippen LogP contribution in [0.2, 0.25) is 5.02 Å². The number of sulfonamides is 1. The van der Waals surface area contributed by atoms with Crippen molar-refractivity contribution in [1.29, 1.82) is 0 Å². The van der Waals surface area contributed by atoms with Crippen LogP contribution in [0.4, 0.5) is 17.6 Å². The zero-order chi connectivity index (χ0) is 28.7. The number of pyridine rings is 1. The molecular weight excluding hydrogens is 570 g/mol. The lowest BCUT2D eigenvalue weighted by Gasteiger charge is -2.31. The predicted molar refractivity (Wildman–Crippen MR) is 131 cm³/mol. The Morgan fingerprint density at radius 3 is 2.33 bits per heavy atom. The molecule has 210 valence electrons. The quantitative estimate of drug-likeness (QED) is 0.405. The molecule has 0 unspecified atom stereocenters. The topological polar surface area (TPSA) is 107 Å². The summed E-state index contributed by atoms with van der Waals surface area (Å²) >= 11 is 6.06. The molecule has 0 aliphatic carbocycles. The number of likely N-dealkylation sites (N-methyl/N-ethyl adjacent to an activating group) is 1. The number of rotatable bonds is 6. The first-order chi connectivity index (χ1) is 18.2. The van der Waals surface area contributed by atoms with Gasteiger partial charge in [0, 0.05) is 54.9 Å². The summed E-state index contributed by atoms with van der Waals surface area (Å²) in [7, 11) is -2.08. The lowest BCUT2D eigenvalue weighted by atomic mass is 10.1. The van der Waals surface area contributed by atoms with Crippen LogP contribution in [0.25, 0.3) is 5.82 Å². The van der Waals surface area contributed by atoms with Crippen molar-refractivity contribution in [1.82, 2.24) is 23.7 Å². The number of hydrogen-bond donors (Lipinski definition) is 0. The Labute approximate surface area is 224 Å². The van der Waals surface area contributed by atoms with E-state index in [4.69, 9.17) is 11.6 Å². The number of aromatic nitrogens is 3. The number of piperazine rings is 1. The molecule has 3 heterocycles. The molecule has 0 saturated carbocycles. The first kappa shape index (κ1) is 28.7. The van der Waals surface area contributed by atoms with Gasteiger partial charge in [0.2, 0.25) is 10.0 Å². The Balaban J connectivity index is 1.78. The molecule has 16 heteroatoms. The van der Waals surface area contributed by atoms with E-state index in [0.29, 0.717) is 22.6 Å². The summed E-state index contributed by atoms with van der Waals surface area (Å²) in [6.45, 7) is 2.73. The van der Waals surface area contributed by atoms with Crippen molar-refractivity contribution in [2.75, 3.05) is 33.2 Å². The number of hydrogen-bond acceptors (Lipinski definition) is 7. The summed E-state index contributed by atoms with van der Waals surface area (Å²) in [6, 6.07) is 6.02. The SMILES string of the molecule is Cc1c(Cc2c(F)cccc2Cl)c(=O)n(-c2ccc(S(=O)(=O)N3CCN(C)CC3)cn2)n1OC(=O)C(F)(F)F. The number of halogens is 5. The number of benzene rings is 1. The third-order valence-corrected chi connectivity index (χ3v) is 8.45. The highest BCUT2D eigenvalue weighted by Gasteiger charge is 2.43. The highest BCUT2D eigenvalue weighted by Crippen LogP contribution is 2.24. The van der Waals surface area contributed by atoms with E-state index in [-0.39, 0.29) is 45.6 Å². The Morgan fingerprint density at radius 1 is 1.10 bits per heavy atom. The van der Waals surface area contributed by atoms with Gasteiger partial charge in [-0.05, 0) is 38.2 Å². The van der Waals surface area contributed by atoms with E-state index in [1.165, 1.54) is 23.4 Å². The van der Waals surface area contributed by atoms with E-state index >= 15 is 0 Å². The van der Waals surface area contributed by atoms with E-state index in [0.717, 1.165) is 24.4 Å². The highest BCUT2D eigenvalue weighted by molar-refractivity contribution is 7.89. The van der Waals surface area contributed by atoms with Crippen molar-refractivity contribution in [3.8, 4) is 5.82 Å². The van der Waals surface area contributed by atoms with Crippen molar-refractivity contribution < 1.29 is 35.6 Å². The standard InChI is InChI=1S/C23H22ClF4N5O5S/c1-14-16(12-17-18(24)4-3-5-19(17)25)21(34)32(33(14)38-22(35)23(26,27)28)20-7-6-15(13-29-20)39(36,37)31-10-8-30(2)9-11-31/h3-7,13H,8-12H2,1-2H3. The Hall–Kier alpha value is -3.27. The number of nitrogens with zero attached hydrogens (tertiary/aromatic N) is 5. The van der Waals surface area contributed by atoms with Crippen LogP contribution in [0.3, 0.4) is 0 Å². The Morgan fingerprint density at radius 2 is 1.77 bits per heavy atom. The molecule has 0 N–H and O–H groups in total. The van der Waals surface area contributed by atoms with Crippen molar-refractivity contribution >= 4 is 27.6 Å². The molecule has 4 rings (SSSR count). The molecule has 1 saturated heterocycles. The van der Waals surface area contributed by atoms with Gasteiger partial charge < -0.3 is 9.74 Å². The van der Waals surface area contributed by atoms with Gasteiger partial charge >= 0.3 is 12.1 Å². The molecule has 2 aromatic heterocycles. The zero-order valence-corrected chi connectivity index (χ0v) is 22.1. The van der Waals surface area contributed by atoms with E-state index in [2.05, 4.69) is 9.82 Å². The van der Waals surface area contributed by atoms with Gasteiger partial charge in [-0.25, -0.2) is 22.6 Å². The zero-order valence-electron chi connectivity index (χ0n) is 20.6. The Bertz CT molecular complexity index is 1540. The molecule has 39 heavy (non-hydrogen) atoms. The van der Waals surface area contributed by atoms with Crippen molar-refractivity contribution in [2.45, 2.75) is 24.4 Å². The van der Waals surface area contributed by atoms with Crippen LogP contribution < -0.4 is 10.4 Å².